The van der Waals surface area contributed by atoms with Gasteiger partial charge >= 0.3 is 6.09 Å². The van der Waals surface area contributed by atoms with Crippen LogP contribution in [0.15, 0.2) is 24.3 Å². The van der Waals surface area contributed by atoms with Crippen LogP contribution in [0.1, 0.15) is 51.2 Å². The molecule has 2 amide bonds. The molecule has 0 atom stereocenters. The van der Waals surface area contributed by atoms with Crippen molar-refractivity contribution in [1.29, 1.82) is 0 Å². The molecule has 1 spiro atoms. The summed E-state index contributed by atoms with van der Waals surface area (Å²) < 4.78 is 5.50. The third-order valence-electron chi connectivity index (χ3n) is 6.64. The van der Waals surface area contributed by atoms with Crippen molar-refractivity contribution >= 4 is 12.0 Å². The number of carbonyl (C=O) groups excluding carboxylic acids is 2. The lowest BCUT2D eigenvalue weighted by atomic mass is 9.85. The molecule has 1 aliphatic carbocycles. The number of carbonyl (C=O) groups is 2. The second-order valence-electron chi connectivity index (χ2n) is 9.76. The molecule has 0 saturated carbocycles. The van der Waals surface area contributed by atoms with Gasteiger partial charge in [0.25, 0.3) is 0 Å². The molecule has 1 aromatic carbocycles. The van der Waals surface area contributed by atoms with Gasteiger partial charge in [-0.25, -0.2) is 4.79 Å². The molecule has 158 valence electrons. The number of nitrogens with one attached hydrogen (secondary N) is 1. The highest BCUT2D eigenvalue weighted by molar-refractivity contribution is 5.88. The van der Waals surface area contributed by atoms with Crippen molar-refractivity contribution in [3.63, 3.8) is 0 Å². The maximum absolute atomic E-state index is 12.8. The summed E-state index contributed by atoms with van der Waals surface area (Å²) in [5, 5.41) is 3.06. The van der Waals surface area contributed by atoms with E-state index in [-0.39, 0.29) is 12.0 Å². The SMILES string of the molecule is CC(C)(C)OC(=O)N1CCC2(CC1)C(=O)NCN2CCC1Cc2ccccc2C1. The first-order chi connectivity index (χ1) is 13.8. The first-order valence-corrected chi connectivity index (χ1v) is 10.8. The number of hydrogen-bond donors (Lipinski definition) is 1. The van der Waals surface area contributed by atoms with E-state index in [1.165, 1.54) is 11.1 Å². The van der Waals surface area contributed by atoms with Gasteiger partial charge in [-0.2, -0.15) is 0 Å². The van der Waals surface area contributed by atoms with Gasteiger partial charge < -0.3 is 15.0 Å². The Bertz CT molecular complexity index is 753. The number of ether oxygens (including phenoxy) is 1. The van der Waals surface area contributed by atoms with Gasteiger partial charge in [0.15, 0.2) is 0 Å². The van der Waals surface area contributed by atoms with Gasteiger partial charge in [-0.1, -0.05) is 24.3 Å². The molecule has 2 fully saturated rings. The normalized spacial score (nSPS) is 22.0. The third-order valence-corrected chi connectivity index (χ3v) is 6.64. The second kappa shape index (κ2) is 7.63. The lowest BCUT2D eigenvalue weighted by Gasteiger charge is -2.42. The summed E-state index contributed by atoms with van der Waals surface area (Å²) in [6.45, 7) is 8.30. The quantitative estimate of drug-likeness (QED) is 0.849. The van der Waals surface area contributed by atoms with Crippen molar-refractivity contribution in [2.24, 2.45) is 5.92 Å². The Balaban J connectivity index is 1.34. The van der Waals surface area contributed by atoms with Crippen LogP contribution in [-0.4, -0.2) is 59.2 Å². The van der Waals surface area contributed by atoms with Crippen LogP contribution < -0.4 is 5.32 Å². The van der Waals surface area contributed by atoms with Crippen molar-refractivity contribution in [3.8, 4) is 0 Å². The standard InChI is InChI=1S/C23H33N3O3/c1-22(2,3)29-21(28)25-12-9-23(10-13-25)20(27)24-16-26(23)11-8-17-14-18-6-4-5-7-19(18)15-17/h4-7,17H,8-16H2,1-3H3,(H,24,27). The molecule has 1 N–H and O–H groups in total. The zero-order chi connectivity index (χ0) is 20.6. The zero-order valence-electron chi connectivity index (χ0n) is 17.9. The molecule has 0 unspecified atom stereocenters. The van der Waals surface area contributed by atoms with Crippen molar-refractivity contribution in [1.82, 2.24) is 15.1 Å². The average molecular weight is 400 g/mol. The van der Waals surface area contributed by atoms with Crippen LogP contribution in [0.2, 0.25) is 0 Å². The fourth-order valence-corrected chi connectivity index (χ4v) is 5.04. The van der Waals surface area contributed by atoms with Gasteiger partial charge in [-0.3, -0.25) is 9.69 Å². The monoisotopic (exact) mass is 399 g/mol. The fraction of sp³-hybridized carbons (Fsp3) is 0.652. The van der Waals surface area contributed by atoms with E-state index in [1.54, 1.807) is 4.90 Å². The molecule has 1 aromatic rings. The van der Waals surface area contributed by atoms with Crippen molar-refractivity contribution in [2.45, 2.75) is 64.0 Å². The average Bonchev–Trinajstić information content (AvgIpc) is 3.21. The zero-order valence-corrected chi connectivity index (χ0v) is 17.9. The number of nitrogens with zero attached hydrogens (tertiary/aromatic N) is 2. The Hall–Kier alpha value is -2.08. The van der Waals surface area contributed by atoms with Gasteiger partial charge in [-0.15, -0.1) is 0 Å². The highest BCUT2D eigenvalue weighted by Gasteiger charge is 2.50. The van der Waals surface area contributed by atoms with Crippen molar-refractivity contribution in [3.05, 3.63) is 35.4 Å². The van der Waals surface area contributed by atoms with E-state index in [2.05, 4.69) is 34.5 Å². The number of rotatable bonds is 3. The van der Waals surface area contributed by atoms with Crippen LogP contribution in [0.3, 0.4) is 0 Å². The van der Waals surface area contributed by atoms with Crippen molar-refractivity contribution in [2.75, 3.05) is 26.3 Å². The van der Waals surface area contributed by atoms with E-state index in [9.17, 15) is 9.59 Å². The third kappa shape index (κ3) is 4.13. The molecule has 0 bridgehead atoms. The van der Waals surface area contributed by atoms with E-state index in [0.29, 0.717) is 38.5 Å². The van der Waals surface area contributed by atoms with Gasteiger partial charge in [0.2, 0.25) is 5.91 Å². The van der Waals surface area contributed by atoms with Gasteiger partial charge in [0, 0.05) is 19.6 Å². The Morgan fingerprint density at radius 1 is 1.17 bits per heavy atom. The smallest absolute Gasteiger partial charge is 0.410 e. The first kappa shape index (κ1) is 20.2. The Morgan fingerprint density at radius 3 is 2.38 bits per heavy atom. The number of benzene rings is 1. The van der Waals surface area contributed by atoms with E-state index in [4.69, 9.17) is 4.74 Å². The van der Waals surface area contributed by atoms with E-state index in [1.807, 2.05) is 20.8 Å². The minimum absolute atomic E-state index is 0.121. The molecule has 3 aliphatic rings. The predicted octanol–water partition coefficient (Wildman–Crippen LogP) is 2.95. The topological polar surface area (TPSA) is 61.9 Å². The molecule has 0 aromatic heterocycles. The number of amides is 2. The summed E-state index contributed by atoms with van der Waals surface area (Å²) >= 11 is 0. The summed E-state index contributed by atoms with van der Waals surface area (Å²) in [5.74, 6) is 0.776. The van der Waals surface area contributed by atoms with Crippen molar-refractivity contribution < 1.29 is 14.3 Å². The molecule has 2 aliphatic heterocycles. The van der Waals surface area contributed by atoms with E-state index in [0.717, 1.165) is 25.8 Å². The Labute approximate surface area is 173 Å². The summed E-state index contributed by atoms with van der Waals surface area (Å²) in [6, 6.07) is 8.73. The van der Waals surface area contributed by atoms with Gasteiger partial charge in [0.1, 0.15) is 11.1 Å². The van der Waals surface area contributed by atoms with Gasteiger partial charge in [0.05, 0.1) is 6.67 Å². The fourth-order valence-electron chi connectivity index (χ4n) is 5.04. The second-order valence-corrected chi connectivity index (χ2v) is 9.76. The highest BCUT2D eigenvalue weighted by Crippen LogP contribution is 2.35. The minimum Gasteiger partial charge on any atom is -0.444 e. The minimum atomic E-state index is -0.498. The first-order valence-electron chi connectivity index (χ1n) is 10.8. The summed E-state index contributed by atoms with van der Waals surface area (Å²) in [6.07, 6.45) is 4.45. The molecule has 2 saturated heterocycles. The summed E-state index contributed by atoms with van der Waals surface area (Å²) in [4.78, 5) is 29.2. The van der Waals surface area contributed by atoms with Crippen LogP contribution in [-0.2, 0) is 22.4 Å². The molecular weight excluding hydrogens is 366 g/mol. The molecule has 6 heteroatoms. The number of likely N-dealkylation sites (tertiary alicyclic amines) is 1. The largest absolute Gasteiger partial charge is 0.444 e. The lowest BCUT2D eigenvalue weighted by Crippen LogP contribution is -2.57. The Kier molecular flexibility index (Phi) is 5.32. The molecule has 4 rings (SSSR count). The highest BCUT2D eigenvalue weighted by atomic mass is 16.6. The number of piperidine rings is 1. The number of fused-ring (bicyclic) bond motifs is 1. The molecule has 0 radical (unpaired) electrons. The van der Waals surface area contributed by atoms with Crippen LogP contribution in [0.25, 0.3) is 0 Å². The van der Waals surface area contributed by atoms with Crippen LogP contribution >= 0.6 is 0 Å². The molecular formula is C23H33N3O3. The van der Waals surface area contributed by atoms with Gasteiger partial charge in [-0.05, 0) is 69.9 Å². The maximum Gasteiger partial charge on any atom is 0.410 e. The van der Waals surface area contributed by atoms with E-state index < -0.39 is 11.1 Å². The summed E-state index contributed by atoms with van der Waals surface area (Å²) in [5.41, 5.74) is 1.99. The van der Waals surface area contributed by atoms with Crippen LogP contribution in [0, 0.1) is 5.92 Å². The number of hydrogen-bond acceptors (Lipinski definition) is 4. The lowest BCUT2D eigenvalue weighted by molar-refractivity contribution is -0.129. The predicted molar refractivity (Wildman–Crippen MR) is 111 cm³/mol. The summed E-state index contributed by atoms with van der Waals surface area (Å²) in [7, 11) is 0. The molecule has 29 heavy (non-hydrogen) atoms. The molecule has 2 heterocycles. The Morgan fingerprint density at radius 2 is 1.79 bits per heavy atom. The van der Waals surface area contributed by atoms with Crippen LogP contribution in [0.5, 0.6) is 0 Å². The van der Waals surface area contributed by atoms with Crippen LogP contribution in [0.4, 0.5) is 4.79 Å². The maximum atomic E-state index is 12.8. The van der Waals surface area contributed by atoms with E-state index >= 15 is 0 Å². The molecule has 6 nitrogen and oxygen atoms in total.